The number of unbranched alkanes of at least 4 members (excludes halogenated alkanes) is 15. The minimum absolute atomic E-state index is 0.00786. The van der Waals surface area contributed by atoms with Crippen molar-refractivity contribution < 1.29 is 23.9 Å². The fourth-order valence-corrected chi connectivity index (χ4v) is 6.09. The van der Waals surface area contributed by atoms with Crippen LogP contribution in [0.1, 0.15) is 196 Å². The van der Waals surface area contributed by atoms with Crippen LogP contribution < -0.4 is 5.32 Å². The molecule has 0 aromatic carbocycles. The summed E-state index contributed by atoms with van der Waals surface area (Å²) in [5, 5.41) is 3.01. The van der Waals surface area contributed by atoms with Gasteiger partial charge in [-0.15, -0.1) is 0 Å². The summed E-state index contributed by atoms with van der Waals surface area (Å²) in [5.74, 6) is -0.0255. The summed E-state index contributed by atoms with van der Waals surface area (Å²) in [6, 6.07) is 0. The number of amides is 1. The standard InChI is InChI=1S/C40H78N2O5/c1-7-10-13-20-26-33-46-38(44)29-22-16-14-18-24-31-42(35-40(5,6)34-41-36(4)43)32-25-19-15-17-23-30-39(45)47-37(27-12-9-3)28-21-11-8-2/h37H,7-35H2,1-6H3,(H,41,43). The molecule has 0 aliphatic rings. The first-order valence-corrected chi connectivity index (χ1v) is 19.9. The van der Waals surface area contributed by atoms with E-state index in [-0.39, 0.29) is 29.4 Å². The average molecular weight is 667 g/mol. The van der Waals surface area contributed by atoms with Crippen molar-refractivity contribution in [2.24, 2.45) is 5.41 Å². The van der Waals surface area contributed by atoms with Gasteiger partial charge in [-0.05, 0) is 69.9 Å². The van der Waals surface area contributed by atoms with Crippen molar-refractivity contribution in [2.45, 2.75) is 202 Å². The Balaban J connectivity index is 4.34. The van der Waals surface area contributed by atoms with Crippen molar-refractivity contribution in [2.75, 3.05) is 32.8 Å². The highest BCUT2D eigenvalue weighted by atomic mass is 16.5. The molecule has 47 heavy (non-hydrogen) atoms. The second-order valence-corrected chi connectivity index (χ2v) is 14.8. The summed E-state index contributed by atoms with van der Waals surface area (Å²) in [4.78, 5) is 38.5. The lowest BCUT2D eigenvalue weighted by Crippen LogP contribution is -2.42. The van der Waals surface area contributed by atoms with E-state index in [9.17, 15) is 14.4 Å². The number of hydrogen-bond donors (Lipinski definition) is 1. The van der Waals surface area contributed by atoms with E-state index in [1.807, 2.05) is 0 Å². The maximum absolute atomic E-state index is 12.5. The molecule has 0 aliphatic heterocycles. The minimum Gasteiger partial charge on any atom is -0.466 e. The third-order valence-corrected chi connectivity index (χ3v) is 9.00. The number of esters is 2. The van der Waals surface area contributed by atoms with Crippen LogP contribution in [-0.2, 0) is 23.9 Å². The maximum Gasteiger partial charge on any atom is 0.306 e. The molecular formula is C40H78N2O5. The third-order valence-electron chi connectivity index (χ3n) is 9.00. The molecular weight excluding hydrogens is 588 g/mol. The Morgan fingerprint density at radius 3 is 1.70 bits per heavy atom. The zero-order valence-corrected chi connectivity index (χ0v) is 32.1. The van der Waals surface area contributed by atoms with E-state index in [0.717, 1.165) is 116 Å². The molecule has 0 saturated heterocycles. The van der Waals surface area contributed by atoms with Gasteiger partial charge in [0.1, 0.15) is 6.10 Å². The second kappa shape index (κ2) is 31.6. The van der Waals surface area contributed by atoms with E-state index >= 15 is 0 Å². The predicted octanol–water partition coefficient (Wildman–Crippen LogP) is 10.3. The molecule has 0 spiro atoms. The molecule has 0 aliphatic carbocycles. The van der Waals surface area contributed by atoms with Gasteiger partial charge in [-0.1, -0.05) is 125 Å². The molecule has 1 unspecified atom stereocenters. The van der Waals surface area contributed by atoms with Crippen LogP contribution in [-0.4, -0.2) is 61.6 Å². The van der Waals surface area contributed by atoms with Crippen molar-refractivity contribution in [3.8, 4) is 0 Å². The van der Waals surface area contributed by atoms with Gasteiger partial charge >= 0.3 is 11.9 Å². The Labute approximate surface area is 291 Å². The number of nitrogens with zero attached hydrogens (tertiary/aromatic N) is 1. The average Bonchev–Trinajstić information content (AvgIpc) is 3.03. The maximum atomic E-state index is 12.5. The summed E-state index contributed by atoms with van der Waals surface area (Å²) in [6.07, 6.45) is 25.8. The van der Waals surface area contributed by atoms with Gasteiger partial charge < -0.3 is 19.7 Å². The fraction of sp³-hybridized carbons (Fsp3) is 0.925. The summed E-state index contributed by atoms with van der Waals surface area (Å²) >= 11 is 0. The molecule has 0 bridgehead atoms. The number of carbonyl (C=O) groups is 3. The molecule has 0 aromatic heterocycles. The highest BCUT2D eigenvalue weighted by Gasteiger charge is 2.22. The lowest BCUT2D eigenvalue weighted by atomic mass is 9.92. The minimum atomic E-state index is -0.0399. The molecule has 278 valence electrons. The number of hydrogen-bond acceptors (Lipinski definition) is 6. The quantitative estimate of drug-likeness (QED) is 0.0543. The number of rotatable bonds is 34. The molecule has 0 aromatic rings. The van der Waals surface area contributed by atoms with Crippen LogP contribution in [0.3, 0.4) is 0 Å². The number of ether oxygens (including phenoxy) is 2. The van der Waals surface area contributed by atoms with Crippen LogP contribution >= 0.6 is 0 Å². The number of nitrogens with one attached hydrogen (secondary N) is 1. The van der Waals surface area contributed by atoms with Crippen LogP contribution in [0.15, 0.2) is 0 Å². The summed E-state index contributed by atoms with van der Waals surface area (Å²) in [6.45, 7) is 17.0. The first-order valence-electron chi connectivity index (χ1n) is 19.9. The SMILES string of the molecule is CCCCCCCOC(=O)CCCCCCCN(CCCCCCCC(=O)OC(CCCC)CCCCC)CC(C)(C)CNC(C)=O. The van der Waals surface area contributed by atoms with Gasteiger partial charge in [0.15, 0.2) is 0 Å². The lowest BCUT2D eigenvalue weighted by Gasteiger charge is -2.33. The second-order valence-electron chi connectivity index (χ2n) is 14.8. The van der Waals surface area contributed by atoms with E-state index in [2.05, 4.69) is 44.8 Å². The lowest BCUT2D eigenvalue weighted by molar-refractivity contribution is -0.150. The van der Waals surface area contributed by atoms with Crippen LogP contribution in [0.25, 0.3) is 0 Å². The van der Waals surface area contributed by atoms with Gasteiger partial charge in [-0.25, -0.2) is 0 Å². The molecule has 0 radical (unpaired) electrons. The molecule has 1 atom stereocenters. The predicted molar refractivity (Wildman–Crippen MR) is 198 cm³/mol. The summed E-state index contributed by atoms with van der Waals surface area (Å²) in [5.41, 5.74) is 0.00786. The highest BCUT2D eigenvalue weighted by Crippen LogP contribution is 2.19. The van der Waals surface area contributed by atoms with Crippen molar-refractivity contribution in [1.82, 2.24) is 10.2 Å². The van der Waals surface area contributed by atoms with E-state index in [0.29, 0.717) is 26.0 Å². The Morgan fingerprint density at radius 1 is 0.617 bits per heavy atom. The highest BCUT2D eigenvalue weighted by molar-refractivity contribution is 5.72. The van der Waals surface area contributed by atoms with Gasteiger partial charge in [0, 0.05) is 32.9 Å². The van der Waals surface area contributed by atoms with Gasteiger partial charge in [-0.3, -0.25) is 14.4 Å². The van der Waals surface area contributed by atoms with Gasteiger partial charge in [0.25, 0.3) is 0 Å². The zero-order valence-electron chi connectivity index (χ0n) is 32.1. The van der Waals surface area contributed by atoms with Crippen LogP contribution in [0, 0.1) is 5.41 Å². The zero-order chi connectivity index (χ0) is 35.0. The Morgan fingerprint density at radius 2 is 1.11 bits per heavy atom. The molecule has 0 heterocycles. The van der Waals surface area contributed by atoms with Crippen molar-refractivity contribution in [3.63, 3.8) is 0 Å². The fourth-order valence-electron chi connectivity index (χ4n) is 6.09. The van der Waals surface area contributed by atoms with Gasteiger partial charge in [-0.2, -0.15) is 0 Å². The van der Waals surface area contributed by atoms with Crippen LogP contribution in [0.5, 0.6) is 0 Å². The topological polar surface area (TPSA) is 84.9 Å². The molecule has 1 amide bonds. The molecule has 7 heteroatoms. The van der Waals surface area contributed by atoms with Crippen molar-refractivity contribution in [3.05, 3.63) is 0 Å². The van der Waals surface area contributed by atoms with E-state index in [1.165, 1.54) is 44.9 Å². The van der Waals surface area contributed by atoms with Crippen molar-refractivity contribution >= 4 is 17.8 Å². The molecule has 0 fully saturated rings. The Bertz CT molecular complexity index is 757. The van der Waals surface area contributed by atoms with Gasteiger partial charge in [0.05, 0.1) is 6.61 Å². The summed E-state index contributed by atoms with van der Waals surface area (Å²) in [7, 11) is 0. The third kappa shape index (κ3) is 31.4. The smallest absolute Gasteiger partial charge is 0.306 e. The Hall–Kier alpha value is -1.63. The first kappa shape index (κ1) is 45.4. The molecule has 0 rings (SSSR count). The first-order chi connectivity index (χ1) is 22.6. The van der Waals surface area contributed by atoms with E-state index in [4.69, 9.17) is 9.47 Å². The van der Waals surface area contributed by atoms with Crippen LogP contribution in [0.2, 0.25) is 0 Å². The van der Waals surface area contributed by atoms with Gasteiger partial charge in [0.2, 0.25) is 5.91 Å². The molecule has 0 saturated carbocycles. The van der Waals surface area contributed by atoms with E-state index < -0.39 is 0 Å². The van der Waals surface area contributed by atoms with Crippen molar-refractivity contribution in [1.29, 1.82) is 0 Å². The normalized spacial score (nSPS) is 12.3. The van der Waals surface area contributed by atoms with Crippen LogP contribution in [0.4, 0.5) is 0 Å². The number of carbonyl (C=O) groups excluding carboxylic acids is 3. The Kier molecular flexibility index (Phi) is 30.5. The van der Waals surface area contributed by atoms with E-state index in [1.54, 1.807) is 6.92 Å². The molecule has 7 nitrogen and oxygen atoms in total. The largest absolute Gasteiger partial charge is 0.466 e. The monoisotopic (exact) mass is 667 g/mol. The summed E-state index contributed by atoms with van der Waals surface area (Å²) < 4.78 is 11.2. The molecule has 1 N–H and O–H groups in total.